The second-order valence-corrected chi connectivity index (χ2v) is 10.8. The maximum atomic E-state index is 13.2. The van der Waals surface area contributed by atoms with Gasteiger partial charge in [-0.25, -0.2) is 4.79 Å². The minimum absolute atomic E-state index is 0.158. The molecule has 2 aliphatic carbocycles. The fourth-order valence-corrected chi connectivity index (χ4v) is 5.40. The molecule has 0 spiro atoms. The molecule has 1 heterocycles. The third-order valence-electron chi connectivity index (χ3n) is 8.09. The maximum Gasteiger partial charge on any atom is 0.410 e. The van der Waals surface area contributed by atoms with Gasteiger partial charge in [0.25, 0.3) is 0 Å². The fourth-order valence-electron chi connectivity index (χ4n) is 5.40. The Bertz CT molecular complexity index is 1270. The van der Waals surface area contributed by atoms with Gasteiger partial charge in [0.2, 0.25) is 11.8 Å². The van der Waals surface area contributed by atoms with Crippen molar-refractivity contribution in [1.82, 2.24) is 10.2 Å². The smallest absolute Gasteiger partial charge is 0.410 e. The molecule has 39 heavy (non-hydrogen) atoms. The highest BCUT2D eigenvalue weighted by molar-refractivity contribution is 5.97. The molecule has 1 saturated carbocycles. The number of benzene rings is 2. The third kappa shape index (κ3) is 6.41. The van der Waals surface area contributed by atoms with Crippen molar-refractivity contribution in [2.75, 3.05) is 18.4 Å². The van der Waals surface area contributed by atoms with E-state index in [1.807, 2.05) is 48.5 Å². The van der Waals surface area contributed by atoms with Crippen LogP contribution >= 0.6 is 0 Å². The molecule has 1 aliphatic heterocycles. The van der Waals surface area contributed by atoms with Crippen molar-refractivity contribution in [1.29, 1.82) is 0 Å². The first-order valence-electron chi connectivity index (χ1n) is 14.0. The van der Waals surface area contributed by atoms with Crippen molar-refractivity contribution in [3.8, 4) is 0 Å². The van der Waals surface area contributed by atoms with E-state index < -0.39 is 12.1 Å². The molecule has 7 nitrogen and oxygen atoms in total. The van der Waals surface area contributed by atoms with E-state index in [2.05, 4.69) is 41.9 Å². The summed E-state index contributed by atoms with van der Waals surface area (Å²) in [6, 6.07) is 17.0. The SMILES string of the molecule is CCC1(c2cccc(NC(=O)[C@@H]3CCCN3C(=O)OCc3ccccc3)c2)C=CC(CNC(=O)C2CC2)=CC1. The zero-order valence-corrected chi connectivity index (χ0v) is 22.5. The first-order chi connectivity index (χ1) is 19.0. The molecule has 0 radical (unpaired) electrons. The average molecular weight is 528 g/mol. The van der Waals surface area contributed by atoms with Crippen LogP contribution in [0, 0.1) is 5.92 Å². The van der Waals surface area contributed by atoms with Crippen molar-refractivity contribution in [3.05, 3.63) is 89.5 Å². The van der Waals surface area contributed by atoms with E-state index in [-0.39, 0.29) is 29.8 Å². The first-order valence-corrected chi connectivity index (χ1v) is 14.0. The highest BCUT2D eigenvalue weighted by Crippen LogP contribution is 2.38. The Labute approximate surface area is 230 Å². The monoisotopic (exact) mass is 527 g/mol. The van der Waals surface area contributed by atoms with Gasteiger partial charge in [0.05, 0.1) is 0 Å². The van der Waals surface area contributed by atoms with Gasteiger partial charge in [-0.2, -0.15) is 0 Å². The molecule has 204 valence electrons. The van der Waals surface area contributed by atoms with Gasteiger partial charge in [-0.1, -0.05) is 67.6 Å². The number of rotatable bonds is 9. The number of hydrogen-bond acceptors (Lipinski definition) is 4. The van der Waals surface area contributed by atoms with Crippen LogP contribution in [0.4, 0.5) is 10.5 Å². The largest absolute Gasteiger partial charge is 0.445 e. The number of hydrogen-bond donors (Lipinski definition) is 2. The van der Waals surface area contributed by atoms with Gasteiger partial charge >= 0.3 is 6.09 Å². The number of nitrogens with one attached hydrogen (secondary N) is 2. The van der Waals surface area contributed by atoms with E-state index in [0.29, 0.717) is 19.5 Å². The third-order valence-corrected chi connectivity index (χ3v) is 8.09. The van der Waals surface area contributed by atoms with E-state index >= 15 is 0 Å². The summed E-state index contributed by atoms with van der Waals surface area (Å²) in [5, 5.41) is 6.09. The van der Waals surface area contributed by atoms with E-state index in [4.69, 9.17) is 4.74 Å². The lowest BCUT2D eigenvalue weighted by molar-refractivity contribution is -0.122. The van der Waals surface area contributed by atoms with Gasteiger partial charge in [-0.15, -0.1) is 0 Å². The van der Waals surface area contributed by atoms with E-state index in [1.165, 1.54) is 4.90 Å². The van der Waals surface area contributed by atoms with Crippen LogP contribution in [0.25, 0.3) is 0 Å². The lowest BCUT2D eigenvalue weighted by Gasteiger charge is -2.32. The van der Waals surface area contributed by atoms with Crippen LogP contribution in [0.15, 0.2) is 78.4 Å². The Kier molecular flexibility index (Phi) is 8.15. The minimum atomic E-state index is -0.553. The molecular formula is C32H37N3O4. The zero-order chi connectivity index (χ0) is 27.2. The number of allylic oxidation sites excluding steroid dienone is 2. The molecule has 0 aromatic heterocycles. The number of carbonyl (C=O) groups is 3. The number of carbonyl (C=O) groups excluding carboxylic acids is 3. The molecule has 5 rings (SSSR count). The van der Waals surface area contributed by atoms with E-state index in [0.717, 1.165) is 54.5 Å². The first kappa shape index (κ1) is 26.7. The summed E-state index contributed by atoms with van der Waals surface area (Å²) in [7, 11) is 0. The van der Waals surface area contributed by atoms with Crippen molar-refractivity contribution in [3.63, 3.8) is 0 Å². The Morgan fingerprint density at radius 3 is 2.56 bits per heavy atom. The van der Waals surface area contributed by atoms with Crippen LogP contribution in [-0.4, -0.2) is 41.9 Å². The van der Waals surface area contributed by atoms with Gasteiger partial charge in [-0.3, -0.25) is 14.5 Å². The normalized spacial score (nSPS) is 22.2. The van der Waals surface area contributed by atoms with Crippen molar-refractivity contribution < 1.29 is 19.1 Å². The van der Waals surface area contributed by atoms with Crippen LogP contribution in [0.2, 0.25) is 0 Å². The lowest BCUT2D eigenvalue weighted by Crippen LogP contribution is -2.43. The van der Waals surface area contributed by atoms with Crippen LogP contribution in [0.1, 0.15) is 56.6 Å². The summed E-state index contributed by atoms with van der Waals surface area (Å²) < 4.78 is 5.49. The molecular weight excluding hydrogens is 490 g/mol. The summed E-state index contributed by atoms with van der Waals surface area (Å²) in [6.07, 6.45) is 11.2. The predicted octanol–water partition coefficient (Wildman–Crippen LogP) is 5.49. The number of nitrogens with zero attached hydrogens (tertiary/aromatic N) is 1. The second kappa shape index (κ2) is 11.9. The molecule has 3 aliphatic rings. The van der Waals surface area contributed by atoms with Crippen LogP contribution in [-0.2, 0) is 26.3 Å². The molecule has 1 saturated heterocycles. The van der Waals surface area contributed by atoms with Crippen molar-refractivity contribution in [2.45, 2.75) is 63.5 Å². The fraction of sp³-hybridized carbons (Fsp3) is 0.406. The molecule has 2 aromatic rings. The standard InChI is InChI=1S/C32H37N3O4/c1-2-32(17-15-23(16-18-32)21-33-29(36)25-13-14-25)26-10-6-11-27(20-26)34-30(37)28-12-7-19-35(28)31(38)39-22-24-8-4-3-5-9-24/h3-6,8-11,15-17,20,25,28H,2,7,12-14,18-19,21-22H2,1H3,(H,33,36)(H,34,37)/t28-,32?/m0/s1. The highest BCUT2D eigenvalue weighted by Gasteiger charge is 2.36. The number of ether oxygens (including phenoxy) is 1. The van der Waals surface area contributed by atoms with Gasteiger partial charge < -0.3 is 15.4 Å². The molecule has 0 bridgehead atoms. The summed E-state index contributed by atoms with van der Waals surface area (Å²) in [6.45, 7) is 3.42. The number of amides is 3. The summed E-state index contributed by atoms with van der Waals surface area (Å²) >= 11 is 0. The Morgan fingerprint density at radius 2 is 1.85 bits per heavy atom. The molecule has 2 atom stereocenters. The van der Waals surface area contributed by atoms with E-state index in [1.54, 1.807) is 0 Å². The van der Waals surface area contributed by atoms with Gasteiger partial charge in [-0.05, 0) is 67.4 Å². The minimum Gasteiger partial charge on any atom is -0.445 e. The number of anilines is 1. The average Bonchev–Trinajstić information content (AvgIpc) is 3.71. The molecule has 2 fully saturated rings. The van der Waals surface area contributed by atoms with Gasteiger partial charge in [0.15, 0.2) is 0 Å². The lowest BCUT2D eigenvalue weighted by atomic mass is 9.72. The predicted molar refractivity (Wildman–Crippen MR) is 151 cm³/mol. The van der Waals surface area contributed by atoms with Crippen molar-refractivity contribution in [2.24, 2.45) is 5.92 Å². The Hall–Kier alpha value is -3.87. The maximum absolute atomic E-state index is 13.2. The molecule has 1 unspecified atom stereocenters. The molecule has 7 heteroatoms. The van der Waals surface area contributed by atoms with Crippen LogP contribution in [0.5, 0.6) is 0 Å². The highest BCUT2D eigenvalue weighted by atomic mass is 16.6. The summed E-state index contributed by atoms with van der Waals surface area (Å²) in [5.74, 6) is 0.173. The molecule has 3 amide bonds. The van der Waals surface area contributed by atoms with E-state index in [9.17, 15) is 14.4 Å². The quantitative estimate of drug-likeness (QED) is 0.452. The van der Waals surface area contributed by atoms with Crippen LogP contribution < -0.4 is 10.6 Å². The number of likely N-dealkylation sites (tertiary alicyclic amines) is 1. The van der Waals surface area contributed by atoms with Gasteiger partial charge in [0, 0.05) is 30.1 Å². The van der Waals surface area contributed by atoms with Crippen LogP contribution in [0.3, 0.4) is 0 Å². The van der Waals surface area contributed by atoms with Gasteiger partial charge in [0.1, 0.15) is 12.6 Å². The van der Waals surface area contributed by atoms with Crippen molar-refractivity contribution >= 4 is 23.6 Å². The molecule has 2 N–H and O–H groups in total. The molecule has 2 aromatic carbocycles. The summed E-state index contributed by atoms with van der Waals surface area (Å²) in [4.78, 5) is 39.5. The second-order valence-electron chi connectivity index (χ2n) is 10.8. The Morgan fingerprint density at radius 1 is 1.03 bits per heavy atom. The zero-order valence-electron chi connectivity index (χ0n) is 22.5. The summed E-state index contributed by atoms with van der Waals surface area (Å²) in [5.41, 5.74) is 3.70. The Balaban J connectivity index is 1.19. The topological polar surface area (TPSA) is 87.7 Å².